The van der Waals surface area contributed by atoms with Crippen molar-refractivity contribution in [2.75, 3.05) is 0 Å². The molecule has 0 aliphatic carbocycles. The van der Waals surface area contributed by atoms with Gasteiger partial charge in [-0.1, -0.05) is 19.4 Å². The number of benzene rings is 1. The Morgan fingerprint density at radius 1 is 1.31 bits per heavy atom. The first-order valence-corrected chi connectivity index (χ1v) is 5.72. The van der Waals surface area contributed by atoms with Gasteiger partial charge in [0.05, 0.1) is 0 Å². The van der Waals surface area contributed by atoms with E-state index in [-0.39, 0.29) is 11.7 Å². The fraction of sp³-hybridized carbons (Fsp3) is 0.462. The van der Waals surface area contributed by atoms with Crippen molar-refractivity contribution in [3.8, 4) is 5.75 Å². The number of unbranched alkanes of at least 4 members (excludes halogenated alkanes) is 1. The Bertz CT molecular complexity index is 361. The van der Waals surface area contributed by atoms with Crippen LogP contribution in [0.4, 0.5) is 0 Å². The van der Waals surface area contributed by atoms with Crippen LogP contribution in [0.3, 0.4) is 0 Å². The SMILES string of the molecule is CCCCc1cc(O)ccc1CCC(N)=O. The zero-order valence-electron chi connectivity index (χ0n) is 9.70. The van der Waals surface area contributed by atoms with E-state index in [0.717, 1.165) is 30.4 Å². The van der Waals surface area contributed by atoms with Gasteiger partial charge in [-0.05, 0) is 42.5 Å². The smallest absolute Gasteiger partial charge is 0.217 e. The Morgan fingerprint density at radius 2 is 2.06 bits per heavy atom. The van der Waals surface area contributed by atoms with E-state index in [1.165, 1.54) is 0 Å². The third-order valence-corrected chi connectivity index (χ3v) is 2.63. The van der Waals surface area contributed by atoms with Crippen LogP contribution in [0.15, 0.2) is 18.2 Å². The summed E-state index contributed by atoms with van der Waals surface area (Å²) >= 11 is 0. The Kier molecular flexibility index (Phi) is 4.83. The van der Waals surface area contributed by atoms with Crippen molar-refractivity contribution in [3.63, 3.8) is 0 Å². The van der Waals surface area contributed by atoms with Crippen LogP contribution in [0.5, 0.6) is 5.75 Å². The van der Waals surface area contributed by atoms with Gasteiger partial charge in [0.25, 0.3) is 0 Å². The fourth-order valence-corrected chi connectivity index (χ4v) is 1.71. The molecule has 1 rings (SSSR count). The van der Waals surface area contributed by atoms with Crippen LogP contribution >= 0.6 is 0 Å². The molecule has 0 spiro atoms. The van der Waals surface area contributed by atoms with Gasteiger partial charge in [0, 0.05) is 6.42 Å². The number of carbonyl (C=O) groups excluding carboxylic acids is 1. The number of amides is 1. The highest BCUT2D eigenvalue weighted by Gasteiger charge is 2.05. The number of primary amides is 1. The van der Waals surface area contributed by atoms with Gasteiger partial charge in [-0.25, -0.2) is 0 Å². The molecule has 0 fully saturated rings. The zero-order chi connectivity index (χ0) is 12.0. The molecule has 0 unspecified atom stereocenters. The predicted molar refractivity (Wildman–Crippen MR) is 64.2 cm³/mol. The van der Waals surface area contributed by atoms with Crippen LogP contribution in [-0.2, 0) is 17.6 Å². The summed E-state index contributed by atoms with van der Waals surface area (Å²) in [5.41, 5.74) is 7.38. The van der Waals surface area contributed by atoms with Crippen LogP contribution < -0.4 is 5.73 Å². The number of phenolic OH excluding ortho intramolecular Hbond substituents is 1. The van der Waals surface area contributed by atoms with E-state index in [9.17, 15) is 9.90 Å². The van der Waals surface area contributed by atoms with Gasteiger partial charge < -0.3 is 10.8 Å². The highest BCUT2D eigenvalue weighted by Crippen LogP contribution is 2.20. The number of aromatic hydroxyl groups is 1. The van der Waals surface area contributed by atoms with Gasteiger partial charge in [0.1, 0.15) is 5.75 Å². The lowest BCUT2D eigenvalue weighted by Crippen LogP contribution is -2.11. The molecular weight excluding hydrogens is 202 g/mol. The molecule has 88 valence electrons. The minimum Gasteiger partial charge on any atom is -0.508 e. The third-order valence-electron chi connectivity index (χ3n) is 2.63. The minimum atomic E-state index is -0.283. The van der Waals surface area contributed by atoms with E-state index >= 15 is 0 Å². The van der Waals surface area contributed by atoms with Crippen molar-refractivity contribution >= 4 is 5.91 Å². The molecule has 0 atom stereocenters. The fourth-order valence-electron chi connectivity index (χ4n) is 1.71. The Balaban J connectivity index is 2.76. The quantitative estimate of drug-likeness (QED) is 0.773. The highest BCUT2D eigenvalue weighted by atomic mass is 16.3. The van der Waals surface area contributed by atoms with Crippen molar-refractivity contribution in [1.29, 1.82) is 0 Å². The minimum absolute atomic E-state index is 0.283. The molecule has 3 heteroatoms. The molecule has 0 heterocycles. The molecule has 0 radical (unpaired) electrons. The van der Waals surface area contributed by atoms with Crippen LogP contribution in [0.1, 0.15) is 37.3 Å². The molecule has 0 saturated carbocycles. The van der Waals surface area contributed by atoms with Crippen LogP contribution in [-0.4, -0.2) is 11.0 Å². The predicted octanol–water partition coefficient (Wildman–Crippen LogP) is 2.15. The molecule has 0 saturated heterocycles. The first kappa shape index (κ1) is 12.6. The lowest BCUT2D eigenvalue weighted by atomic mass is 9.98. The molecule has 0 aromatic heterocycles. The second-order valence-electron chi connectivity index (χ2n) is 4.02. The van der Waals surface area contributed by atoms with Crippen LogP contribution in [0.2, 0.25) is 0 Å². The van der Waals surface area contributed by atoms with Crippen molar-refractivity contribution in [2.24, 2.45) is 5.73 Å². The zero-order valence-corrected chi connectivity index (χ0v) is 9.70. The Morgan fingerprint density at radius 3 is 2.69 bits per heavy atom. The van der Waals surface area contributed by atoms with E-state index in [0.29, 0.717) is 12.8 Å². The lowest BCUT2D eigenvalue weighted by Gasteiger charge is -2.09. The largest absolute Gasteiger partial charge is 0.508 e. The summed E-state index contributed by atoms with van der Waals surface area (Å²) in [4.78, 5) is 10.7. The molecule has 0 aliphatic heterocycles. The standard InChI is InChI=1S/C13H19NO2/c1-2-3-4-11-9-12(15)7-5-10(11)6-8-13(14)16/h5,7,9,15H,2-4,6,8H2,1H3,(H2,14,16). The van der Waals surface area contributed by atoms with E-state index in [2.05, 4.69) is 6.92 Å². The van der Waals surface area contributed by atoms with E-state index < -0.39 is 0 Å². The molecule has 0 bridgehead atoms. The maximum Gasteiger partial charge on any atom is 0.217 e. The van der Waals surface area contributed by atoms with Crippen molar-refractivity contribution < 1.29 is 9.90 Å². The molecule has 16 heavy (non-hydrogen) atoms. The van der Waals surface area contributed by atoms with Gasteiger partial charge in [-0.3, -0.25) is 4.79 Å². The van der Waals surface area contributed by atoms with Gasteiger partial charge in [-0.2, -0.15) is 0 Å². The van der Waals surface area contributed by atoms with Crippen LogP contribution in [0, 0.1) is 0 Å². The van der Waals surface area contributed by atoms with E-state index in [1.54, 1.807) is 12.1 Å². The second-order valence-corrected chi connectivity index (χ2v) is 4.02. The highest BCUT2D eigenvalue weighted by molar-refractivity contribution is 5.74. The molecule has 1 aromatic rings. The topological polar surface area (TPSA) is 63.3 Å². The van der Waals surface area contributed by atoms with Gasteiger partial charge in [0.15, 0.2) is 0 Å². The summed E-state index contributed by atoms with van der Waals surface area (Å²) in [5.74, 6) is 0.00319. The summed E-state index contributed by atoms with van der Waals surface area (Å²) in [5, 5.41) is 9.42. The summed E-state index contributed by atoms with van der Waals surface area (Å²) in [7, 11) is 0. The first-order chi connectivity index (χ1) is 7.63. The van der Waals surface area contributed by atoms with E-state index in [4.69, 9.17) is 5.73 Å². The first-order valence-electron chi connectivity index (χ1n) is 5.72. The monoisotopic (exact) mass is 221 g/mol. The van der Waals surface area contributed by atoms with E-state index in [1.807, 2.05) is 6.07 Å². The lowest BCUT2D eigenvalue weighted by molar-refractivity contribution is -0.117. The second kappa shape index (κ2) is 6.16. The summed E-state index contributed by atoms with van der Waals surface area (Å²) in [6, 6.07) is 5.32. The summed E-state index contributed by atoms with van der Waals surface area (Å²) < 4.78 is 0. The number of rotatable bonds is 6. The third kappa shape index (κ3) is 3.93. The number of hydrogen-bond acceptors (Lipinski definition) is 2. The number of nitrogens with two attached hydrogens (primary N) is 1. The Labute approximate surface area is 96.3 Å². The Hall–Kier alpha value is -1.51. The number of aryl methyl sites for hydroxylation is 2. The average molecular weight is 221 g/mol. The van der Waals surface area contributed by atoms with Crippen molar-refractivity contribution in [1.82, 2.24) is 0 Å². The van der Waals surface area contributed by atoms with Crippen molar-refractivity contribution in [2.45, 2.75) is 39.0 Å². The van der Waals surface area contributed by atoms with Gasteiger partial charge in [0.2, 0.25) is 5.91 Å². The summed E-state index contributed by atoms with van der Waals surface area (Å²) in [6.45, 7) is 2.13. The molecule has 0 aliphatic rings. The molecular formula is C13H19NO2. The van der Waals surface area contributed by atoms with Crippen molar-refractivity contribution in [3.05, 3.63) is 29.3 Å². The maximum absolute atomic E-state index is 10.7. The molecule has 1 aromatic carbocycles. The average Bonchev–Trinajstić information content (AvgIpc) is 2.24. The summed E-state index contributed by atoms with van der Waals surface area (Å²) in [6.07, 6.45) is 4.18. The number of hydrogen-bond donors (Lipinski definition) is 2. The number of carbonyl (C=O) groups is 1. The normalized spacial score (nSPS) is 10.3. The van der Waals surface area contributed by atoms with Crippen LogP contribution in [0.25, 0.3) is 0 Å². The molecule has 3 N–H and O–H groups in total. The number of phenols is 1. The molecule has 1 amide bonds. The maximum atomic E-state index is 10.7. The molecule has 3 nitrogen and oxygen atoms in total. The van der Waals surface area contributed by atoms with Gasteiger partial charge >= 0.3 is 0 Å². The van der Waals surface area contributed by atoms with Gasteiger partial charge in [-0.15, -0.1) is 0 Å².